The lowest BCUT2D eigenvalue weighted by atomic mass is 10.2. The molecule has 4 N–H and O–H groups in total. The molecule has 0 aliphatic heterocycles. The number of benzene rings is 1. The summed E-state index contributed by atoms with van der Waals surface area (Å²) in [5.41, 5.74) is 8.31. The molecule has 1 unspecified atom stereocenters. The van der Waals surface area contributed by atoms with Crippen molar-refractivity contribution in [3.8, 4) is 5.75 Å². The summed E-state index contributed by atoms with van der Waals surface area (Å²) in [7, 11) is 1.69. The Labute approximate surface area is 139 Å². The van der Waals surface area contributed by atoms with E-state index in [1.807, 2.05) is 13.0 Å². The number of carboxylic acid groups (broad SMARTS) is 2. The lowest BCUT2D eigenvalue weighted by Gasteiger charge is -2.09. The number of nitrogens with two attached hydrogens (primary N) is 1. The van der Waals surface area contributed by atoms with Gasteiger partial charge in [-0.25, -0.2) is 9.59 Å². The van der Waals surface area contributed by atoms with Gasteiger partial charge in [-0.2, -0.15) is 0 Å². The van der Waals surface area contributed by atoms with Crippen molar-refractivity contribution in [3.05, 3.63) is 42.1 Å². The highest BCUT2D eigenvalue weighted by molar-refractivity contribution is 5.89. The first-order valence-corrected chi connectivity index (χ1v) is 7.27. The van der Waals surface area contributed by atoms with Gasteiger partial charge in [0.1, 0.15) is 5.75 Å². The zero-order valence-electron chi connectivity index (χ0n) is 13.9. The third-order valence-electron chi connectivity index (χ3n) is 3.14. The van der Waals surface area contributed by atoms with E-state index in [0.29, 0.717) is 12.2 Å². The highest BCUT2D eigenvalue weighted by atomic mass is 16.5. The van der Waals surface area contributed by atoms with Crippen molar-refractivity contribution in [2.24, 2.45) is 5.73 Å². The molecule has 1 heterocycles. The van der Waals surface area contributed by atoms with Crippen molar-refractivity contribution in [1.29, 1.82) is 0 Å². The first-order chi connectivity index (χ1) is 11.2. The molecule has 0 spiro atoms. The van der Waals surface area contributed by atoms with Gasteiger partial charge in [0.15, 0.2) is 0 Å². The van der Waals surface area contributed by atoms with Gasteiger partial charge in [-0.15, -0.1) is 0 Å². The topological polar surface area (TPSA) is 115 Å². The second-order valence-corrected chi connectivity index (χ2v) is 5.33. The predicted molar refractivity (Wildman–Crippen MR) is 91.3 cm³/mol. The summed E-state index contributed by atoms with van der Waals surface area (Å²) < 4.78 is 7.44. The number of rotatable bonds is 5. The van der Waals surface area contributed by atoms with Crippen molar-refractivity contribution in [1.82, 2.24) is 4.57 Å². The van der Waals surface area contributed by atoms with Crippen LogP contribution in [-0.2, 0) is 16.1 Å². The molecule has 2 rings (SSSR count). The predicted octanol–water partition coefficient (Wildman–Crippen LogP) is 2.02. The van der Waals surface area contributed by atoms with Gasteiger partial charge < -0.3 is 25.3 Å². The maximum absolute atomic E-state index is 9.55. The number of aliphatic carboxylic acids is 2. The number of carbonyl (C=O) groups is 2. The molecule has 2 aromatic rings. The molecular weight excluding hydrogens is 312 g/mol. The minimum absolute atomic E-state index is 0.154. The number of methoxy groups -OCH3 is 1. The van der Waals surface area contributed by atoms with Crippen LogP contribution in [0.1, 0.15) is 12.5 Å². The van der Waals surface area contributed by atoms with Crippen molar-refractivity contribution in [2.75, 3.05) is 7.11 Å². The van der Waals surface area contributed by atoms with Crippen molar-refractivity contribution < 1.29 is 24.5 Å². The van der Waals surface area contributed by atoms with Crippen LogP contribution in [0.25, 0.3) is 10.9 Å². The smallest absolute Gasteiger partial charge is 0.328 e. The Morgan fingerprint density at radius 2 is 1.88 bits per heavy atom. The van der Waals surface area contributed by atoms with E-state index in [4.69, 9.17) is 20.7 Å². The lowest BCUT2D eigenvalue weighted by Crippen LogP contribution is -2.21. The summed E-state index contributed by atoms with van der Waals surface area (Å²) in [4.78, 5) is 19.1. The SMILES string of the molecule is COc1ccc2c(C)cn(CC(C)N)c2c1.O=C(O)/C=C\C(=O)O. The van der Waals surface area contributed by atoms with Crippen LogP contribution in [0.3, 0.4) is 0 Å². The minimum atomic E-state index is -1.26. The fourth-order valence-corrected chi connectivity index (χ4v) is 2.19. The van der Waals surface area contributed by atoms with Crippen LogP contribution in [0.15, 0.2) is 36.5 Å². The Morgan fingerprint density at radius 3 is 2.33 bits per heavy atom. The molecule has 0 aliphatic carbocycles. The molecule has 7 heteroatoms. The summed E-state index contributed by atoms with van der Waals surface area (Å²) in [6, 6.07) is 6.30. The number of aryl methyl sites for hydroxylation is 1. The van der Waals surface area contributed by atoms with Crippen molar-refractivity contribution in [2.45, 2.75) is 26.4 Å². The monoisotopic (exact) mass is 334 g/mol. The number of nitrogens with zero attached hydrogens (tertiary/aromatic N) is 1. The van der Waals surface area contributed by atoms with Crippen molar-refractivity contribution >= 4 is 22.8 Å². The number of hydrogen-bond acceptors (Lipinski definition) is 4. The van der Waals surface area contributed by atoms with Crippen LogP contribution in [0, 0.1) is 6.92 Å². The van der Waals surface area contributed by atoms with E-state index in [2.05, 4.69) is 29.8 Å². The molecule has 1 atom stereocenters. The summed E-state index contributed by atoms with van der Waals surface area (Å²) in [5, 5.41) is 16.9. The third-order valence-corrected chi connectivity index (χ3v) is 3.14. The minimum Gasteiger partial charge on any atom is -0.497 e. The molecule has 0 aliphatic rings. The van der Waals surface area contributed by atoms with Crippen LogP contribution >= 0.6 is 0 Å². The molecule has 0 saturated carbocycles. The van der Waals surface area contributed by atoms with Gasteiger partial charge in [-0.1, -0.05) is 0 Å². The number of ether oxygens (including phenoxy) is 1. The van der Waals surface area contributed by atoms with Gasteiger partial charge in [0.2, 0.25) is 0 Å². The maximum Gasteiger partial charge on any atom is 0.328 e. The molecule has 24 heavy (non-hydrogen) atoms. The molecule has 0 amide bonds. The molecule has 1 aromatic carbocycles. The van der Waals surface area contributed by atoms with Gasteiger partial charge in [0, 0.05) is 42.4 Å². The van der Waals surface area contributed by atoms with Crippen LogP contribution in [0.2, 0.25) is 0 Å². The Bertz CT molecular complexity index is 731. The molecule has 0 fully saturated rings. The summed E-state index contributed by atoms with van der Waals surface area (Å²) in [6.07, 6.45) is 3.26. The van der Waals surface area contributed by atoms with E-state index in [0.717, 1.165) is 12.3 Å². The first-order valence-electron chi connectivity index (χ1n) is 7.27. The zero-order valence-corrected chi connectivity index (χ0v) is 13.9. The van der Waals surface area contributed by atoms with E-state index in [1.165, 1.54) is 16.5 Å². The second kappa shape index (κ2) is 8.73. The highest BCUT2D eigenvalue weighted by Crippen LogP contribution is 2.25. The number of hydrogen-bond donors (Lipinski definition) is 3. The number of fused-ring (bicyclic) bond motifs is 1. The number of carboxylic acids is 2. The van der Waals surface area contributed by atoms with Crippen LogP contribution < -0.4 is 10.5 Å². The van der Waals surface area contributed by atoms with E-state index in [-0.39, 0.29) is 6.04 Å². The van der Waals surface area contributed by atoms with Gasteiger partial charge in [0.05, 0.1) is 12.6 Å². The number of aromatic nitrogens is 1. The van der Waals surface area contributed by atoms with Crippen LogP contribution in [0.5, 0.6) is 5.75 Å². The molecular formula is C17H22N2O5. The standard InChI is InChI=1S/C13H18N2O.C4H4O4/c1-9-7-15(8-10(2)14)13-6-11(16-3)4-5-12(9)13;5-3(6)1-2-4(7)8/h4-7,10H,8,14H2,1-3H3;1-2H,(H,5,6)(H,7,8)/b;2-1-. The molecule has 1 aromatic heterocycles. The maximum atomic E-state index is 9.55. The zero-order chi connectivity index (χ0) is 18.3. The Balaban J connectivity index is 0.000000307. The largest absolute Gasteiger partial charge is 0.497 e. The Hall–Kier alpha value is -2.80. The van der Waals surface area contributed by atoms with Crippen LogP contribution in [0.4, 0.5) is 0 Å². The van der Waals surface area contributed by atoms with E-state index >= 15 is 0 Å². The second-order valence-electron chi connectivity index (χ2n) is 5.33. The summed E-state index contributed by atoms with van der Waals surface area (Å²) in [5.74, 6) is -1.63. The normalized spacial score (nSPS) is 11.8. The average Bonchev–Trinajstić information content (AvgIpc) is 2.81. The summed E-state index contributed by atoms with van der Waals surface area (Å²) >= 11 is 0. The lowest BCUT2D eigenvalue weighted by molar-refractivity contribution is -0.134. The highest BCUT2D eigenvalue weighted by Gasteiger charge is 2.07. The fourth-order valence-electron chi connectivity index (χ4n) is 2.19. The Morgan fingerprint density at radius 1 is 1.29 bits per heavy atom. The molecule has 130 valence electrons. The van der Waals surface area contributed by atoms with Gasteiger partial charge in [0.25, 0.3) is 0 Å². The molecule has 0 saturated heterocycles. The Kier molecular flexibility index (Phi) is 7.00. The van der Waals surface area contributed by atoms with Gasteiger partial charge in [-0.05, 0) is 31.5 Å². The van der Waals surface area contributed by atoms with Crippen molar-refractivity contribution in [3.63, 3.8) is 0 Å². The van der Waals surface area contributed by atoms with E-state index in [9.17, 15) is 9.59 Å². The van der Waals surface area contributed by atoms with E-state index in [1.54, 1.807) is 7.11 Å². The molecule has 0 bridgehead atoms. The summed E-state index contributed by atoms with van der Waals surface area (Å²) in [6.45, 7) is 4.96. The fraction of sp³-hybridized carbons (Fsp3) is 0.294. The molecule has 7 nitrogen and oxygen atoms in total. The average molecular weight is 334 g/mol. The third kappa shape index (κ3) is 5.77. The molecule has 0 radical (unpaired) electrons. The van der Waals surface area contributed by atoms with E-state index < -0.39 is 11.9 Å². The van der Waals surface area contributed by atoms with Crippen LogP contribution in [-0.4, -0.2) is 39.9 Å². The van der Waals surface area contributed by atoms with Gasteiger partial charge in [-0.3, -0.25) is 0 Å². The van der Waals surface area contributed by atoms with Gasteiger partial charge >= 0.3 is 11.9 Å². The quantitative estimate of drug-likeness (QED) is 0.721. The first kappa shape index (κ1) is 19.2.